The number of nitrogens with zero attached hydrogens (tertiary/aromatic N) is 2. The zero-order chi connectivity index (χ0) is 21.0. The first kappa shape index (κ1) is 20.8. The van der Waals surface area contributed by atoms with Crippen molar-refractivity contribution >= 4 is 35.0 Å². The lowest BCUT2D eigenvalue weighted by atomic mass is 10.0. The summed E-state index contributed by atoms with van der Waals surface area (Å²) in [5.74, 6) is -0.834. The number of hydrogen-bond donors (Lipinski definition) is 0. The largest absolute Gasteiger partial charge is 0.407 e. The number of ketones is 1. The lowest BCUT2D eigenvalue weighted by Gasteiger charge is -2.10. The van der Waals surface area contributed by atoms with Crippen LogP contribution in [0.3, 0.4) is 0 Å². The minimum absolute atomic E-state index is 0.0640. The summed E-state index contributed by atoms with van der Waals surface area (Å²) in [6.45, 7) is 5.63. The van der Waals surface area contributed by atoms with Crippen LogP contribution >= 0.6 is 23.2 Å². The molecule has 3 rings (SSSR count). The van der Waals surface area contributed by atoms with Crippen molar-refractivity contribution in [3.63, 3.8) is 0 Å². The van der Waals surface area contributed by atoms with Gasteiger partial charge in [0, 0.05) is 10.6 Å². The van der Waals surface area contributed by atoms with Crippen LogP contribution in [0, 0.1) is 6.92 Å². The topological polar surface area (TPSA) is 61.2 Å². The molecular formula is C22H18Cl2N2O3. The molecule has 29 heavy (non-hydrogen) atoms. The highest BCUT2D eigenvalue weighted by molar-refractivity contribution is 6.37. The van der Waals surface area contributed by atoms with E-state index >= 15 is 0 Å². The number of ether oxygens (including phenoxy) is 1. The fourth-order valence-electron chi connectivity index (χ4n) is 2.89. The smallest absolute Gasteiger partial charge is 0.316 e. The Kier molecular flexibility index (Phi) is 6.52. The maximum atomic E-state index is 13.2. The highest BCUT2D eigenvalue weighted by Gasteiger charge is 2.27. The molecule has 0 radical (unpaired) electrons. The highest BCUT2D eigenvalue weighted by atomic mass is 35.5. The molecule has 3 aromatic rings. The van der Waals surface area contributed by atoms with Gasteiger partial charge in [-0.3, -0.25) is 9.59 Å². The third kappa shape index (κ3) is 4.75. The average molecular weight is 429 g/mol. The molecule has 7 heteroatoms. The first-order valence-electron chi connectivity index (χ1n) is 8.83. The number of carbonyl (C=O) groups excluding carboxylic acids is 2. The molecule has 0 amide bonds. The van der Waals surface area contributed by atoms with Crippen LogP contribution in [0.2, 0.25) is 10.0 Å². The third-order valence-corrected chi connectivity index (χ3v) is 4.74. The molecule has 0 spiro atoms. The maximum absolute atomic E-state index is 13.2. The number of benzene rings is 2. The van der Waals surface area contributed by atoms with E-state index in [0.29, 0.717) is 10.7 Å². The van der Waals surface area contributed by atoms with Crippen molar-refractivity contribution in [3.8, 4) is 5.88 Å². The highest BCUT2D eigenvalue weighted by Crippen LogP contribution is 2.30. The van der Waals surface area contributed by atoms with Gasteiger partial charge in [-0.1, -0.05) is 59.6 Å². The quantitative estimate of drug-likeness (QED) is 0.299. The second-order valence-corrected chi connectivity index (χ2v) is 7.17. The molecule has 0 aliphatic heterocycles. The van der Waals surface area contributed by atoms with Gasteiger partial charge in [0.15, 0.2) is 0 Å². The molecule has 148 valence electrons. The molecule has 0 saturated carbocycles. The number of aryl methyl sites for hydroxylation is 1. The van der Waals surface area contributed by atoms with Crippen molar-refractivity contribution < 1.29 is 14.3 Å². The molecule has 0 bridgehead atoms. The summed E-state index contributed by atoms with van der Waals surface area (Å²) in [5.41, 5.74) is 1.65. The average Bonchev–Trinajstić information content (AvgIpc) is 2.97. The standard InChI is InChI=1S/C22H18Cl2N2O3/c1-3-11-26-22(29-19(27)12-15-7-5-4-6-8-15)20(14(2)25-26)21(28)17-10-9-16(23)13-18(17)24/h3-10,13H,1,11-12H2,2H3. The Bertz CT molecular complexity index is 1080. The van der Waals surface area contributed by atoms with E-state index in [2.05, 4.69) is 11.7 Å². The normalized spacial score (nSPS) is 10.6. The summed E-state index contributed by atoms with van der Waals surface area (Å²) in [6, 6.07) is 13.8. The minimum atomic E-state index is -0.502. The van der Waals surface area contributed by atoms with Crippen molar-refractivity contribution in [3.05, 3.63) is 93.6 Å². The fourth-order valence-corrected chi connectivity index (χ4v) is 3.38. The Balaban J connectivity index is 1.98. The van der Waals surface area contributed by atoms with Crippen molar-refractivity contribution in [2.75, 3.05) is 0 Å². The van der Waals surface area contributed by atoms with E-state index < -0.39 is 11.8 Å². The predicted molar refractivity (Wildman–Crippen MR) is 113 cm³/mol. The van der Waals surface area contributed by atoms with Gasteiger partial charge in [0.2, 0.25) is 11.7 Å². The fraction of sp³-hybridized carbons (Fsp3) is 0.136. The van der Waals surface area contributed by atoms with Crippen molar-refractivity contribution in [1.82, 2.24) is 9.78 Å². The number of carbonyl (C=O) groups is 2. The van der Waals surface area contributed by atoms with Crippen molar-refractivity contribution in [1.29, 1.82) is 0 Å². The first-order valence-corrected chi connectivity index (χ1v) is 9.59. The lowest BCUT2D eigenvalue weighted by molar-refractivity contribution is -0.134. The van der Waals surface area contributed by atoms with E-state index in [-0.39, 0.29) is 35.0 Å². The van der Waals surface area contributed by atoms with Gasteiger partial charge in [-0.05, 0) is 30.7 Å². The first-order chi connectivity index (χ1) is 13.9. The molecule has 0 unspecified atom stereocenters. The van der Waals surface area contributed by atoms with Gasteiger partial charge in [0.1, 0.15) is 5.56 Å². The van der Waals surface area contributed by atoms with Crippen molar-refractivity contribution in [2.24, 2.45) is 0 Å². The number of halogens is 2. The summed E-state index contributed by atoms with van der Waals surface area (Å²) in [5, 5.41) is 4.96. The van der Waals surface area contributed by atoms with E-state index in [1.807, 2.05) is 30.3 Å². The third-order valence-electron chi connectivity index (χ3n) is 4.19. The lowest BCUT2D eigenvalue weighted by Crippen LogP contribution is -2.16. The molecule has 0 N–H and O–H groups in total. The van der Waals surface area contributed by atoms with Gasteiger partial charge < -0.3 is 4.74 Å². The van der Waals surface area contributed by atoms with Gasteiger partial charge in [-0.25, -0.2) is 4.68 Å². The summed E-state index contributed by atoms with van der Waals surface area (Å²) in [6.07, 6.45) is 1.67. The second kappa shape index (κ2) is 9.07. The minimum Gasteiger partial charge on any atom is -0.407 e. The molecule has 0 saturated heterocycles. The van der Waals surface area contributed by atoms with Crippen LogP contribution < -0.4 is 4.74 Å². The Hall–Kier alpha value is -2.89. The van der Waals surface area contributed by atoms with Crippen LogP contribution in [0.5, 0.6) is 5.88 Å². The Labute approximate surface area is 178 Å². The Morgan fingerprint density at radius 1 is 1.17 bits per heavy atom. The van der Waals surface area contributed by atoms with Crippen LogP contribution in [0.4, 0.5) is 0 Å². The van der Waals surface area contributed by atoms with E-state index in [4.69, 9.17) is 27.9 Å². The molecule has 2 aromatic carbocycles. The van der Waals surface area contributed by atoms with E-state index in [9.17, 15) is 9.59 Å². The summed E-state index contributed by atoms with van der Waals surface area (Å²) in [4.78, 5) is 25.7. The predicted octanol–water partition coefficient (Wildman–Crippen LogP) is 5.06. The summed E-state index contributed by atoms with van der Waals surface area (Å²) in [7, 11) is 0. The van der Waals surface area contributed by atoms with Gasteiger partial charge in [-0.2, -0.15) is 5.10 Å². The molecule has 0 aliphatic rings. The maximum Gasteiger partial charge on any atom is 0.316 e. The van der Waals surface area contributed by atoms with Crippen LogP contribution in [-0.4, -0.2) is 21.5 Å². The van der Waals surface area contributed by atoms with Gasteiger partial charge in [-0.15, -0.1) is 6.58 Å². The van der Waals surface area contributed by atoms with Crippen LogP contribution in [-0.2, 0) is 17.8 Å². The molecule has 1 heterocycles. The summed E-state index contributed by atoms with van der Waals surface area (Å²) >= 11 is 12.1. The Morgan fingerprint density at radius 2 is 1.90 bits per heavy atom. The zero-order valence-electron chi connectivity index (χ0n) is 15.7. The number of hydrogen-bond acceptors (Lipinski definition) is 4. The van der Waals surface area contributed by atoms with Crippen LogP contribution in [0.15, 0.2) is 61.2 Å². The second-order valence-electron chi connectivity index (χ2n) is 6.33. The number of allylic oxidation sites excluding steroid dienone is 1. The van der Waals surface area contributed by atoms with Gasteiger partial charge in [0.25, 0.3) is 0 Å². The number of esters is 1. The number of rotatable bonds is 7. The molecule has 0 fully saturated rings. The monoisotopic (exact) mass is 428 g/mol. The Morgan fingerprint density at radius 3 is 2.55 bits per heavy atom. The molecule has 5 nitrogen and oxygen atoms in total. The van der Waals surface area contributed by atoms with Crippen LogP contribution in [0.1, 0.15) is 27.2 Å². The van der Waals surface area contributed by atoms with Gasteiger partial charge in [0.05, 0.1) is 23.7 Å². The molecule has 1 aromatic heterocycles. The summed E-state index contributed by atoms with van der Waals surface area (Å²) < 4.78 is 7.02. The van der Waals surface area contributed by atoms with Gasteiger partial charge >= 0.3 is 5.97 Å². The van der Waals surface area contributed by atoms with E-state index in [0.717, 1.165) is 5.56 Å². The zero-order valence-corrected chi connectivity index (χ0v) is 17.2. The molecular weight excluding hydrogens is 411 g/mol. The van der Waals surface area contributed by atoms with E-state index in [1.54, 1.807) is 19.1 Å². The molecule has 0 aliphatic carbocycles. The van der Waals surface area contributed by atoms with E-state index in [1.165, 1.54) is 16.8 Å². The van der Waals surface area contributed by atoms with Crippen molar-refractivity contribution in [2.45, 2.75) is 19.9 Å². The number of aromatic nitrogens is 2. The van der Waals surface area contributed by atoms with Crippen LogP contribution in [0.25, 0.3) is 0 Å². The SMILES string of the molecule is C=CCn1nc(C)c(C(=O)c2ccc(Cl)cc2Cl)c1OC(=O)Cc1ccccc1. The molecule has 0 atom stereocenters.